The van der Waals surface area contributed by atoms with Crippen LogP contribution in [0.1, 0.15) is 35.3 Å². The Balaban J connectivity index is 1.78. The van der Waals surface area contributed by atoms with Gasteiger partial charge in [-0.15, -0.1) is 10.2 Å². The third-order valence-corrected chi connectivity index (χ3v) is 5.06. The van der Waals surface area contributed by atoms with Gasteiger partial charge in [-0.05, 0) is 51.5 Å². The number of aromatic nitrogens is 2. The first-order valence-electron chi connectivity index (χ1n) is 8.83. The van der Waals surface area contributed by atoms with Crippen molar-refractivity contribution in [3.63, 3.8) is 0 Å². The predicted octanol–water partition coefficient (Wildman–Crippen LogP) is 5.12. The van der Waals surface area contributed by atoms with Crippen molar-refractivity contribution in [3.05, 3.63) is 59.2 Å². The zero-order valence-electron chi connectivity index (χ0n) is 15.9. The Morgan fingerprint density at radius 1 is 1.19 bits per heavy atom. The summed E-state index contributed by atoms with van der Waals surface area (Å²) < 4.78 is 11.4. The van der Waals surface area contributed by atoms with Crippen molar-refractivity contribution in [1.82, 2.24) is 10.2 Å². The summed E-state index contributed by atoms with van der Waals surface area (Å²) in [5.41, 5.74) is 3.51. The van der Waals surface area contributed by atoms with E-state index in [-0.39, 0.29) is 11.0 Å². The summed E-state index contributed by atoms with van der Waals surface area (Å²) in [7, 11) is 0. The number of carbonyl (C=O) groups is 1. The highest BCUT2D eigenvalue weighted by molar-refractivity contribution is 8.00. The number of para-hydroxylation sites is 1. The van der Waals surface area contributed by atoms with Crippen LogP contribution in [-0.2, 0) is 0 Å². The van der Waals surface area contributed by atoms with E-state index >= 15 is 0 Å². The molecule has 0 aliphatic carbocycles. The molecule has 0 saturated carbocycles. The fraction of sp³-hybridized carbons (Fsp3) is 0.286. The summed E-state index contributed by atoms with van der Waals surface area (Å²) in [6.07, 6.45) is 0. The summed E-state index contributed by atoms with van der Waals surface area (Å²) in [5.74, 6) is 1.13. The number of hydrogen-bond acceptors (Lipinski definition) is 6. The van der Waals surface area contributed by atoms with E-state index in [1.54, 1.807) is 0 Å². The minimum absolute atomic E-state index is 0.0515. The average molecular weight is 382 g/mol. The standard InChI is InChI=1S/C21H22N2O3S/c1-5-25-18-9-7-6-8-16(18)20-22-23-21(26-20)27-15(4)19(24)17-12-13(2)10-11-14(17)3/h6-12,15H,5H2,1-4H3. The van der Waals surface area contributed by atoms with E-state index in [0.29, 0.717) is 23.5 Å². The van der Waals surface area contributed by atoms with Crippen molar-refractivity contribution in [1.29, 1.82) is 0 Å². The van der Waals surface area contributed by atoms with Gasteiger partial charge in [0.2, 0.25) is 0 Å². The highest BCUT2D eigenvalue weighted by Crippen LogP contribution is 2.32. The number of thioether (sulfide) groups is 1. The van der Waals surface area contributed by atoms with E-state index in [1.807, 2.05) is 70.2 Å². The smallest absolute Gasteiger partial charge is 0.277 e. The maximum Gasteiger partial charge on any atom is 0.277 e. The molecule has 0 amide bonds. The molecule has 0 N–H and O–H groups in total. The number of ketones is 1. The topological polar surface area (TPSA) is 65.2 Å². The Labute approximate surface area is 163 Å². The lowest BCUT2D eigenvalue weighted by Gasteiger charge is -2.10. The Morgan fingerprint density at radius 3 is 2.74 bits per heavy atom. The second-order valence-electron chi connectivity index (χ2n) is 6.25. The monoisotopic (exact) mass is 382 g/mol. The van der Waals surface area contributed by atoms with Crippen LogP contribution >= 0.6 is 11.8 Å². The van der Waals surface area contributed by atoms with Crippen LogP contribution in [0.15, 0.2) is 52.1 Å². The first-order chi connectivity index (χ1) is 13.0. The Morgan fingerprint density at radius 2 is 1.96 bits per heavy atom. The lowest BCUT2D eigenvalue weighted by Crippen LogP contribution is -2.15. The van der Waals surface area contributed by atoms with E-state index < -0.39 is 0 Å². The van der Waals surface area contributed by atoms with E-state index in [2.05, 4.69) is 10.2 Å². The molecule has 27 heavy (non-hydrogen) atoms. The number of benzene rings is 2. The Bertz CT molecular complexity index is 952. The molecule has 2 aromatic carbocycles. The molecule has 140 valence electrons. The van der Waals surface area contributed by atoms with Gasteiger partial charge < -0.3 is 9.15 Å². The molecule has 0 aliphatic heterocycles. The molecule has 1 unspecified atom stereocenters. The summed E-state index contributed by atoms with van der Waals surface area (Å²) in [4.78, 5) is 12.8. The molecular weight excluding hydrogens is 360 g/mol. The van der Waals surface area contributed by atoms with Crippen LogP contribution in [0.4, 0.5) is 0 Å². The minimum Gasteiger partial charge on any atom is -0.493 e. The third kappa shape index (κ3) is 4.39. The van der Waals surface area contributed by atoms with Gasteiger partial charge in [0.25, 0.3) is 11.1 Å². The molecule has 1 atom stereocenters. The first kappa shape index (κ1) is 19.2. The second kappa shape index (κ2) is 8.39. The average Bonchev–Trinajstić information content (AvgIpc) is 3.12. The van der Waals surface area contributed by atoms with Crippen molar-refractivity contribution < 1.29 is 13.9 Å². The number of Topliss-reactive ketones (excluding diaryl/α,β-unsaturated/α-hetero) is 1. The lowest BCUT2D eigenvalue weighted by atomic mass is 10.0. The highest BCUT2D eigenvalue weighted by Gasteiger charge is 2.22. The Hall–Kier alpha value is -2.60. The molecule has 0 bridgehead atoms. The summed E-state index contributed by atoms with van der Waals surface area (Å²) in [6, 6.07) is 13.4. The molecule has 0 spiro atoms. The molecule has 0 radical (unpaired) electrons. The van der Waals surface area contributed by atoms with Gasteiger partial charge >= 0.3 is 0 Å². The maximum atomic E-state index is 12.8. The van der Waals surface area contributed by atoms with Crippen LogP contribution < -0.4 is 4.74 Å². The summed E-state index contributed by atoms with van der Waals surface area (Å²) in [5, 5.41) is 8.24. The van der Waals surface area contributed by atoms with Crippen LogP contribution in [-0.4, -0.2) is 27.8 Å². The zero-order valence-corrected chi connectivity index (χ0v) is 16.7. The number of hydrogen-bond donors (Lipinski definition) is 0. The van der Waals surface area contributed by atoms with Crippen LogP contribution in [0.2, 0.25) is 0 Å². The highest BCUT2D eigenvalue weighted by atomic mass is 32.2. The SMILES string of the molecule is CCOc1ccccc1-c1nnc(SC(C)C(=O)c2cc(C)ccc2C)o1. The molecular formula is C21H22N2O3S. The number of ether oxygens (including phenoxy) is 1. The van der Waals surface area contributed by atoms with Gasteiger partial charge in [0.15, 0.2) is 5.78 Å². The zero-order chi connectivity index (χ0) is 19.4. The third-order valence-electron chi connectivity index (χ3n) is 4.13. The van der Waals surface area contributed by atoms with E-state index in [9.17, 15) is 4.79 Å². The van der Waals surface area contributed by atoms with Crippen LogP contribution in [0.3, 0.4) is 0 Å². The van der Waals surface area contributed by atoms with Gasteiger partial charge in [0.1, 0.15) is 5.75 Å². The van der Waals surface area contributed by atoms with Crippen LogP contribution in [0.5, 0.6) is 5.75 Å². The van der Waals surface area contributed by atoms with Gasteiger partial charge in [-0.25, -0.2) is 0 Å². The first-order valence-corrected chi connectivity index (χ1v) is 9.71. The molecule has 1 heterocycles. The number of nitrogens with zero attached hydrogens (tertiary/aromatic N) is 2. The quantitative estimate of drug-likeness (QED) is 0.418. The molecule has 3 aromatic rings. The van der Waals surface area contributed by atoms with Gasteiger partial charge in [-0.2, -0.15) is 0 Å². The summed E-state index contributed by atoms with van der Waals surface area (Å²) >= 11 is 1.27. The van der Waals surface area contributed by atoms with E-state index in [1.165, 1.54) is 11.8 Å². The molecule has 0 aliphatic rings. The normalized spacial score (nSPS) is 12.0. The van der Waals surface area contributed by atoms with Gasteiger partial charge in [0, 0.05) is 5.56 Å². The largest absolute Gasteiger partial charge is 0.493 e. The van der Waals surface area contributed by atoms with Gasteiger partial charge in [-0.3, -0.25) is 4.79 Å². The molecule has 6 heteroatoms. The maximum absolute atomic E-state index is 12.8. The van der Waals surface area contributed by atoms with Gasteiger partial charge in [0.05, 0.1) is 17.4 Å². The van der Waals surface area contributed by atoms with Gasteiger partial charge in [-0.1, -0.05) is 41.6 Å². The molecule has 5 nitrogen and oxygen atoms in total. The van der Waals surface area contributed by atoms with E-state index in [0.717, 1.165) is 22.3 Å². The van der Waals surface area contributed by atoms with Crippen LogP contribution in [0.25, 0.3) is 11.5 Å². The van der Waals surface area contributed by atoms with Crippen molar-refractivity contribution in [2.45, 2.75) is 38.2 Å². The molecule has 3 rings (SSSR count). The lowest BCUT2D eigenvalue weighted by molar-refractivity contribution is 0.0993. The number of carbonyl (C=O) groups excluding carboxylic acids is 1. The molecule has 0 fully saturated rings. The van der Waals surface area contributed by atoms with Crippen molar-refractivity contribution in [3.8, 4) is 17.2 Å². The number of aryl methyl sites for hydroxylation is 2. The predicted molar refractivity (Wildman–Crippen MR) is 106 cm³/mol. The van der Waals surface area contributed by atoms with Crippen molar-refractivity contribution in [2.75, 3.05) is 6.61 Å². The fourth-order valence-corrected chi connectivity index (χ4v) is 3.47. The minimum atomic E-state index is -0.332. The second-order valence-corrected chi connectivity index (χ2v) is 7.54. The molecule has 0 saturated heterocycles. The summed E-state index contributed by atoms with van der Waals surface area (Å²) in [6.45, 7) is 8.25. The Kier molecular flexibility index (Phi) is 5.96. The van der Waals surface area contributed by atoms with Crippen LogP contribution in [0, 0.1) is 13.8 Å². The molecule has 1 aromatic heterocycles. The fourth-order valence-electron chi connectivity index (χ4n) is 2.72. The van der Waals surface area contributed by atoms with Crippen molar-refractivity contribution in [2.24, 2.45) is 0 Å². The number of rotatable bonds is 7. The van der Waals surface area contributed by atoms with Crippen molar-refractivity contribution >= 4 is 17.5 Å². The van der Waals surface area contributed by atoms with E-state index in [4.69, 9.17) is 9.15 Å².